The maximum absolute atomic E-state index is 6.52. The van der Waals surface area contributed by atoms with Gasteiger partial charge >= 0.3 is 0 Å². The van der Waals surface area contributed by atoms with Crippen LogP contribution in [0.2, 0.25) is 0 Å². The molecular formula is C17H25NO. The Labute approximate surface area is 116 Å². The molecule has 0 radical (unpaired) electrons. The van der Waals surface area contributed by atoms with Crippen molar-refractivity contribution in [1.29, 1.82) is 0 Å². The van der Waals surface area contributed by atoms with E-state index in [1.807, 2.05) is 6.07 Å². The number of hydrogen-bond acceptors (Lipinski definition) is 2. The molecule has 0 saturated heterocycles. The van der Waals surface area contributed by atoms with Crippen molar-refractivity contribution < 1.29 is 4.74 Å². The summed E-state index contributed by atoms with van der Waals surface area (Å²) in [7, 11) is 0. The summed E-state index contributed by atoms with van der Waals surface area (Å²) < 4.78 is 6.06. The third kappa shape index (κ3) is 2.51. The van der Waals surface area contributed by atoms with Gasteiger partial charge in [-0.2, -0.15) is 0 Å². The molecule has 1 aliphatic carbocycles. The van der Waals surface area contributed by atoms with Gasteiger partial charge in [0.25, 0.3) is 0 Å². The zero-order chi connectivity index (χ0) is 13.4. The molecule has 1 aromatic carbocycles. The minimum absolute atomic E-state index is 0.183. The largest absolute Gasteiger partial charge is 0.488 e. The molecule has 19 heavy (non-hydrogen) atoms. The van der Waals surface area contributed by atoms with Crippen molar-refractivity contribution >= 4 is 0 Å². The third-order valence-corrected chi connectivity index (χ3v) is 5.28. The molecule has 1 saturated carbocycles. The monoisotopic (exact) mass is 259 g/mol. The fourth-order valence-corrected chi connectivity index (χ4v) is 3.67. The van der Waals surface area contributed by atoms with Crippen LogP contribution in [-0.2, 0) is 6.42 Å². The first kappa shape index (κ1) is 13.0. The van der Waals surface area contributed by atoms with E-state index in [1.54, 1.807) is 0 Å². The molecule has 1 fully saturated rings. The van der Waals surface area contributed by atoms with Crippen LogP contribution in [0.1, 0.15) is 38.7 Å². The summed E-state index contributed by atoms with van der Waals surface area (Å²) in [5.41, 5.74) is 7.84. The van der Waals surface area contributed by atoms with Crippen LogP contribution in [0.5, 0.6) is 5.75 Å². The van der Waals surface area contributed by atoms with Crippen molar-refractivity contribution in [2.45, 2.75) is 51.7 Å². The van der Waals surface area contributed by atoms with Crippen LogP contribution < -0.4 is 10.5 Å². The Morgan fingerprint density at radius 1 is 1.16 bits per heavy atom. The van der Waals surface area contributed by atoms with Gasteiger partial charge in [0, 0.05) is 12.5 Å². The normalized spacial score (nSPS) is 35.5. The summed E-state index contributed by atoms with van der Waals surface area (Å²) in [5, 5.41) is 0. The van der Waals surface area contributed by atoms with Crippen molar-refractivity contribution in [3.8, 4) is 5.75 Å². The van der Waals surface area contributed by atoms with Crippen molar-refractivity contribution in [2.75, 3.05) is 0 Å². The highest BCUT2D eigenvalue weighted by Gasteiger charge is 2.36. The van der Waals surface area contributed by atoms with Gasteiger partial charge < -0.3 is 10.5 Å². The lowest BCUT2D eigenvalue weighted by Crippen LogP contribution is -2.46. The highest BCUT2D eigenvalue weighted by molar-refractivity contribution is 5.37. The van der Waals surface area contributed by atoms with E-state index in [1.165, 1.54) is 24.8 Å². The zero-order valence-corrected chi connectivity index (χ0v) is 12.0. The van der Waals surface area contributed by atoms with Gasteiger partial charge in [-0.25, -0.2) is 0 Å². The molecule has 1 aromatic rings. The number of nitrogens with two attached hydrogens (primary N) is 1. The zero-order valence-electron chi connectivity index (χ0n) is 12.0. The predicted octanol–water partition coefficient (Wildman–Crippen LogP) is 3.39. The average molecular weight is 259 g/mol. The van der Waals surface area contributed by atoms with Crippen LogP contribution in [0.15, 0.2) is 24.3 Å². The van der Waals surface area contributed by atoms with Gasteiger partial charge in [-0.05, 0) is 42.2 Å². The SMILES string of the molecule is CC1CCC(C(N)C2Cc3ccccc3O2)CC1C. The van der Waals surface area contributed by atoms with Crippen molar-refractivity contribution in [3.63, 3.8) is 0 Å². The molecule has 0 bridgehead atoms. The molecule has 104 valence electrons. The number of para-hydroxylation sites is 1. The second kappa shape index (κ2) is 5.16. The van der Waals surface area contributed by atoms with E-state index < -0.39 is 0 Å². The molecule has 1 heterocycles. The number of benzene rings is 1. The van der Waals surface area contributed by atoms with Crippen molar-refractivity contribution in [1.82, 2.24) is 0 Å². The number of ether oxygens (including phenoxy) is 1. The summed E-state index contributed by atoms with van der Waals surface area (Å²) in [5.74, 6) is 3.32. The van der Waals surface area contributed by atoms with E-state index in [0.29, 0.717) is 5.92 Å². The molecule has 3 rings (SSSR count). The summed E-state index contributed by atoms with van der Waals surface area (Å²) >= 11 is 0. The van der Waals surface area contributed by atoms with Crippen molar-refractivity contribution in [3.05, 3.63) is 29.8 Å². The molecule has 2 heteroatoms. The maximum Gasteiger partial charge on any atom is 0.123 e. The topological polar surface area (TPSA) is 35.2 Å². The molecule has 0 aromatic heterocycles. The Morgan fingerprint density at radius 2 is 1.95 bits per heavy atom. The second-order valence-electron chi connectivity index (χ2n) is 6.57. The molecule has 0 amide bonds. The first-order valence-corrected chi connectivity index (χ1v) is 7.65. The van der Waals surface area contributed by atoms with Gasteiger partial charge in [-0.15, -0.1) is 0 Å². The van der Waals surface area contributed by atoms with Crippen molar-refractivity contribution in [2.24, 2.45) is 23.5 Å². The highest BCUT2D eigenvalue weighted by atomic mass is 16.5. The number of rotatable bonds is 2. The van der Waals surface area contributed by atoms with E-state index in [4.69, 9.17) is 10.5 Å². The maximum atomic E-state index is 6.52. The Morgan fingerprint density at radius 3 is 2.68 bits per heavy atom. The standard InChI is InChI=1S/C17H25NO/c1-11-7-8-14(9-12(11)2)17(18)16-10-13-5-3-4-6-15(13)19-16/h3-6,11-12,14,16-17H,7-10,18H2,1-2H3. The first-order chi connectivity index (χ1) is 9.15. The van der Waals surface area contributed by atoms with Gasteiger partial charge in [0.2, 0.25) is 0 Å². The highest BCUT2D eigenvalue weighted by Crippen LogP contribution is 2.38. The van der Waals surface area contributed by atoms with Crippen LogP contribution in [0.25, 0.3) is 0 Å². The Kier molecular flexibility index (Phi) is 3.53. The van der Waals surface area contributed by atoms with E-state index in [-0.39, 0.29) is 12.1 Å². The first-order valence-electron chi connectivity index (χ1n) is 7.65. The van der Waals surface area contributed by atoms with Gasteiger partial charge in [0.05, 0.1) is 0 Å². The fraction of sp³-hybridized carbons (Fsp3) is 0.647. The summed E-state index contributed by atoms with van der Waals surface area (Å²) in [6.45, 7) is 4.74. The third-order valence-electron chi connectivity index (χ3n) is 5.28. The number of hydrogen-bond donors (Lipinski definition) is 1. The van der Waals surface area contributed by atoms with Gasteiger partial charge in [0.15, 0.2) is 0 Å². The summed E-state index contributed by atoms with van der Waals surface area (Å²) in [6.07, 6.45) is 5.02. The fourth-order valence-electron chi connectivity index (χ4n) is 3.67. The van der Waals surface area contributed by atoms with Crippen LogP contribution >= 0.6 is 0 Å². The Bertz CT molecular complexity index is 420. The lowest BCUT2D eigenvalue weighted by Gasteiger charge is -2.37. The Hall–Kier alpha value is -1.02. The molecule has 2 aliphatic rings. The summed E-state index contributed by atoms with van der Waals surface area (Å²) in [4.78, 5) is 0. The lowest BCUT2D eigenvalue weighted by molar-refractivity contribution is 0.114. The van der Waals surface area contributed by atoms with Gasteiger partial charge in [-0.1, -0.05) is 38.5 Å². The minimum atomic E-state index is 0.183. The molecule has 2 N–H and O–H groups in total. The van der Waals surface area contributed by atoms with E-state index in [9.17, 15) is 0 Å². The van der Waals surface area contributed by atoms with E-state index >= 15 is 0 Å². The van der Waals surface area contributed by atoms with Crippen LogP contribution in [-0.4, -0.2) is 12.1 Å². The van der Waals surface area contributed by atoms with Crippen LogP contribution in [0, 0.1) is 17.8 Å². The quantitative estimate of drug-likeness (QED) is 0.883. The number of fused-ring (bicyclic) bond motifs is 1. The van der Waals surface area contributed by atoms with Crippen LogP contribution in [0.4, 0.5) is 0 Å². The molecular weight excluding hydrogens is 234 g/mol. The molecule has 5 atom stereocenters. The average Bonchev–Trinajstić information content (AvgIpc) is 2.85. The molecule has 2 nitrogen and oxygen atoms in total. The molecule has 1 aliphatic heterocycles. The van der Waals surface area contributed by atoms with Gasteiger partial charge in [0.1, 0.15) is 11.9 Å². The Balaban J connectivity index is 1.65. The molecule has 5 unspecified atom stereocenters. The van der Waals surface area contributed by atoms with Crippen LogP contribution in [0.3, 0.4) is 0 Å². The van der Waals surface area contributed by atoms with E-state index in [2.05, 4.69) is 32.0 Å². The molecule has 0 spiro atoms. The smallest absolute Gasteiger partial charge is 0.123 e. The lowest BCUT2D eigenvalue weighted by atomic mass is 9.72. The summed E-state index contributed by atoms with van der Waals surface area (Å²) in [6, 6.07) is 8.53. The minimum Gasteiger partial charge on any atom is -0.488 e. The van der Waals surface area contributed by atoms with Gasteiger partial charge in [-0.3, -0.25) is 0 Å². The predicted molar refractivity (Wildman–Crippen MR) is 78.2 cm³/mol. The van der Waals surface area contributed by atoms with E-state index in [0.717, 1.165) is 24.0 Å². The second-order valence-corrected chi connectivity index (χ2v) is 6.57.